The molecule has 1 aliphatic rings. The van der Waals surface area contributed by atoms with E-state index in [1.807, 2.05) is 45.2 Å². The van der Waals surface area contributed by atoms with Crippen LogP contribution in [0.15, 0.2) is 30.3 Å². The Kier molecular flexibility index (Phi) is 7.09. The van der Waals surface area contributed by atoms with E-state index in [2.05, 4.69) is 21.7 Å². The van der Waals surface area contributed by atoms with E-state index in [0.717, 1.165) is 53.8 Å². The molecule has 0 radical (unpaired) electrons. The summed E-state index contributed by atoms with van der Waals surface area (Å²) < 4.78 is 5.79. The number of hydrogen-bond acceptors (Lipinski definition) is 5. The summed E-state index contributed by atoms with van der Waals surface area (Å²) in [7, 11) is 1.99. The molecule has 4 N–H and O–H groups in total. The molecule has 0 unspecified atom stereocenters. The molecule has 1 aromatic heterocycles. The van der Waals surface area contributed by atoms with Crippen LogP contribution in [0.3, 0.4) is 0 Å². The Labute approximate surface area is 173 Å². The molecular weight excluding hydrogens is 364 g/mol. The van der Waals surface area contributed by atoms with Crippen LogP contribution in [0.2, 0.25) is 0 Å². The van der Waals surface area contributed by atoms with E-state index in [0.29, 0.717) is 25.0 Å². The van der Waals surface area contributed by atoms with Crippen LogP contribution in [0.25, 0.3) is 11.1 Å². The number of nitrogens with one attached hydrogen (secondary N) is 2. The second kappa shape index (κ2) is 9.74. The van der Waals surface area contributed by atoms with Crippen LogP contribution < -0.4 is 21.1 Å². The average molecular weight is 397 g/mol. The molecule has 6 nitrogen and oxygen atoms in total. The molecule has 2 aromatic rings. The minimum atomic E-state index is 0.0990. The molecule has 0 saturated heterocycles. The van der Waals surface area contributed by atoms with E-state index in [-0.39, 0.29) is 11.8 Å². The summed E-state index contributed by atoms with van der Waals surface area (Å²) in [5.74, 6) is 1.55. The Morgan fingerprint density at radius 2 is 1.97 bits per heavy atom. The van der Waals surface area contributed by atoms with Gasteiger partial charge in [-0.2, -0.15) is 0 Å². The fourth-order valence-electron chi connectivity index (χ4n) is 4.04. The fourth-order valence-corrected chi connectivity index (χ4v) is 4.04. The van der Waals surface area contributed by atoms with Crippen molar-refractivity contribution >= 4 is 11.7 Å². The van der Waals surface area contributed by atoms with Crippen molar-refractivity contribution in [3.05, 3.63) is 41.6 Å². The fraction of sp³-hybridized carbons (Fsp3) is 0.478. The molecule has 0 bridgehead atoms. The van der Waals surface area contributed by atoms with Crippen LogP contribution in [-0.2, 0) is 11.3 Å². The van der Waals surface area contributed by atoms with Gasteiger partial charge in [0, 0.05) is 35.3 Å². The maximum Gasteiger partial charge on any atom is 0.223 e. The number of pyridine rings is 1. The number of anilines is 1. The van der Waals surface area contributed by atoms with Crippen molar-refractivity contribution in [3.63, 3.8) is 0 Å². The number of carbonyl (C=O) groups excluding carboxylic acids is 1. The van der Waals surface area contributed by atoms with E-state index in [1.54, 1.807) is 0 Å². The Morgan fingerprint density at radius 1 is 1.21 bits per heavy atom. The summed E-state index contributed by atoms with van der Waals surface area (Å²) >= 11 is 0. The quantitative estimate of drug-likeness (QED) is 0.667. The summed E-state index contributed by atoms with van der Waals surface area (Å²) in [4.78, 5) is 17.0. The molecule has 156 valence electrons. The largest absolute Gasteiger partial charge is 0.494 e. The smallest absolute Gasteiger partial charge is 0.223 e. The highest BCUT2D eigenvalue weighted by atomic mass is 16.5. The number of nitrogens with zero attached hydrogens (tertiary/aromatic N) is 1. The van der Waals surface area contributed by atoms with Gasteiger partial charge in [-0.3, -0.25) is 4.79 Å². The minimum Gasteiger partial charge on any atom is -0.494 e. The first-order chi connectivity index (χ1) is 14.0. The van der Waals surface area contributed by atoms with Gasteiger partial charge in [-0.15, -0.1) is 0 Å². The molecule has 3 rings (SSSR count). The molecule has 1 heterocycles. The van der Waals surface area contributed by atoms with Gasteiger partial charge in [0.1, 0.15) is 11.6 Å². The lowest BCUT2D eigenvalue weighted by atomic mass is 9.85. The van der Waals surface area contributed by atoms with Crippen LogP contribution in [0.5, 0.6) is 5.75 Å². The third-order valence-corrected chi connectivity index (χ3v) is 5.74. The molecule has 0 aliphatic heterocycles. The maximum absolute atomic E-state index is 12.7. The molecule has 0 spiro atoms. The van der Waals surface area contributed by atoms with E-state index in [9.17, 15) is 4.79 Å². The molecule has 0 atom stereocenters. The Morgan fingerprint density at radius 3 is 2.62 bits per heavy atom. The number of nitrogens with two attached hydrogens (primary N) is 1. The molecule has 1 aliphatic carbocycles. The predicted octanol–water partition coefficient (Wildman–Crippen LogP) is 3.43. The van der Waals surface area contributed by atoms with Crippen molar-refractivity contribution in [1.82, 2.24) is 15.6 Å². The van der Waals surface area contributed by atoms with Gasteiger partial charge >= 0.3 is 0 Å². The number of rotatable bonds is 7. The van der Waals surface area contributed by atoms with Gasteiger partial charge < -0.3 is 21.1 Å². The topological polar surface area (TPSA) is 89.3 Å². The number of carbonyl (C=O) groups is 1. The van der Waals surface area contributed by atoms with E-state index in [1.165, 1.54) is 0 Å². The Balaban J connectivity index is 1.73. The Bertz CT molecular complexity index is 845. The molecule has 6 heteroatoms. The van der Waals surface area contributed by atoms with Gasteiger partial charge in [-0.25, -0.2) is 4.98 Å². The summed E-state index contributed by atoms with van der Waals surface area (Å²) in [5, 5.41) is 6.44. The van der Waals surface area contributed by atoms with Gasteiger partial charge in [0.15, 0.2) is 0 Å². The molecule has 1 aromatic carbocycles. The zero-order chi connectivity index (χ0) is 20.8. The molecular formula is C23H32N4O2. The Hall–Kier alpha value is -2.60. The monoisotopic (exact) mass is 396 g/mol. The SMILES string of the molecule is CCOc1ccc(-c2ccc(N)nc2C)cc1CNC(=O)C1CCC(NC)CC1. The first-order valence-corrected chi connectivity index (χ1v) is 10.5. The normalized spacial score (nSPS) is 19.0. The lowest BCUT2D eigenvalue weighted by Gasteiger charge is -2.27. The molecule has 1 fully saturated rings. The van der Waals surface area contributed by atoms with Crippen molar-refractivity contribution in [2.24, 2.45) is 5.92 Å². The van der Waals surface area contributed by atoms with E-state index in [4.69, 9.17) is 10.5 Å². The standard InChI is InChI=1S/C23H32N4O2/c1-4-29-21-11-7-17(20-10-12-22(24)27-15(20)2)13-18(21)14-26-23(28)16-5-8-19(25-3)9-6-16/h7,10-13,16,19,25H,4-6,8-9,14H2,1-3H3,(H2,24,27)(H,26,28). The van der Waals surface area contributed by atoms with Gasteiger partial charge in [0.2, 0.25) is 5.91 Å². The number of ether oxygens (including phenoxy) is 1. The number of hydrogen-bond donors (Lipinski definition) is 3. The molecule has 1 saturated carbocycles. The van der Waals surface area contributed by atoms with Crippen LogP contribution >= 0.6 is 0 Å². The van der Waals surface area contributed by atoms with Gasteiger partial charge in [-0.05, 0) is 76.4 Å². The summed E-state index contributed by atoms with van der Waals surface area (Å²) in [6.45, 7) is 4.95. The van der Waals surface area contributed by atoms with Crippen molar-refractivity contribution in [2.75, 3.05) is 19.4 Å². The zero-order valence-electron chi connectivity index (χ0n) is 17.6. The van der Waals surface area contributed by atoms with Gasteiger partial charge in [0.25, 0.3) is 0 Å². The number of benzene rings is 1. The number of aryl methyl sites for hydroxylation is 1. The third-order valence-electron chi connectivity index (χ3n) is 5.74. The highest BCUT2D eigenvalue weighted by Crippen LogP contribution is 2.29. The second-order valence-electron chi connectivity index (χ2n) is 7.68. The van der Waals surface area contributed by atoms with Crippen LogP contribution in [0.4, 0.5) is 5.82 Å². The first-order valence-electron chi connectivity index (χ1n) is 10.5. The highest BCUT2D eigenvalue weighted by molar-refractivity contribution is 5.79. The summed E-state index contributed by atoms with van der Waals surface area (Å²) in [6.07, 6.45) is 3.98. The summed E-state index contributed by atoms with van der Waals surface area (Å²) in [6, 6.07) is 10.4. The number of nitrogen functional groups attached to an aromatic ring is 1. The highest BCUT2D eigenvalue weighted by Gasteiger charge is 2.25. The van der Waals surface area contributed by atoms with Gasteiger partial charge in [-0.1, -0.05) is 6.07 Å². The number of aromatic nitrogens is 1. The lowest BCUT2D eigenvalue weighted by Crippen LogP contribution is -2.37. The van der Waals surface area contributed by atoms with Crippen molar-refractivity contribution in [3.8, 4) is 16.9 Å². The minimum absolute atomic E-state index is 0.0990. The number of amides is 1. The molecule has 1 amide bonds. The first kappa shape index (κ1) is 21.1. The van der Waals surface area contributed by atoms with E-state index < -0.39 is 0 Å². The van der Waals surface area contributed by atoms with Crippen molar-refractivity contribution in [1.29, 1.82) is 0 Å². The van der Waals surface area contributed by atoms with Crippen molar-refractivity contribution in [2.45, 2.75) is 52.1 Å². The van der Waals surface area contributed by atoms with Crippen LogP contribution in [-0.4, -0.2) is 30.6 Å². The molecule has 29 heavy (non-hydrogen) atoms. The van der Waals surface area contributed by atoms with E-state index >= 15 is 0 Å². The predicted molar refractivity (Wildman–Crippen MR) is 117 cm³/mol. The average Bonchev–Trinajstić information content (AvgIpc) is 2.73. The van der Waals surface area contributed by atoms with Crippen LogP contribution in [0.1, 0.15) is 43.9 Å². The zero-order valence-corrected chi connectivity index (χ0v) is 17.6. The van der Waals surface area contributed by atoms with Crippen LogP contribution in [0, 0.1) is 12.8 Å². The van der Waals surface area contributed by atoms with Crippen molar-refractivity contribution < 1.29 is 9.53 Å². The third kappa shape index (κ3) is 5.26. The second-order valence-corrected chi connectivity index (χ2v) is 7.68. The summed E-state index contributed by atoms with van der Waals surface area (Å²) in [5.41, 5.74) is 9.70. The maximum atomic E-state index is 12.7. The lowest BCUT2D eigenvalue weighted by molar-refractivity contribution is -0.126. The van der Waals surface area contributed by atoms with Gasteiger partial charge in [0.05, 0.1) is 6.61 Å².